The Balaban J connectivity index is 1.28. The molecule has 2 atom stereocenters. The van der Waals surface area contributed by atoms with E-state index >= 15 is 0 Å². The van der Waals surface area contributed by atoms with E-state index in [0.717, 1.165) is 68.8 Å². The molecule has 216 valence electrons. The van der Waals surface area contributed by atoms with Gasteiger partial charge in [-0.1, -0.05) is 18.2 Å². The van der Waals surface area contributed by atoms with Crippen molar-refractivity contribution in [2.75, 3.05) is 49.5 Å². The Morgan fingerprint density at radius 1 is 1.17 bits per heavy atom. The number of aliphatic imine (C=N–C) groups is 1. The van der Waals surface area contributed by atoms with Crippen molar-refractivity contribution in [1.82, 2.24) is 25.1 Å². The first-order valence-electron chi connectivity index (χ1n) is 14.7. The highest BCUT2D eigenvalue weighted by molar-refractivity contribution is 5.89. The lowest BCUT2D eigenvalue weighted by Gasteiger charge is -2.39. The van der Waals surface area contributed by atoms with Crippen LogP contribution in [-0.2, 0) is 11.3 Å². The highest BCUT2D eigenvalue weighted by Gasteiger charge is 2.54. The van der Waals surface area contributed by atoms with Crippen LogP contribution in [0.5, 0.6) is 0 Å². The normalized spacial score (nSPS) is 30.3. The number of rotatable bonds is 1. The molecule has 7 heterocycles. The van der Waals surface area contributed by atoms with Gasteiger partial charge in [-0.3, -0.25) is 14.6 Å². The predicted molar refractivity (Wildman–Crippen MR) is 162 cm³/mol. The molecule has 3 fully saturated rings. The van der Waals surface area contributed by atoms with Crippen LogP contribution in [0.3, 0.4) is 0 Å². The predicted octanol–water partition coefficient (Wildman–Crippen LogP) is 2.64. The molecule has 1 aromatic carbocycles. The number of aromatic nitrogens is 2. The molecule has 9 rings (SSSR count). The Morgan fingerprint density at radius 2 is 1.95 bits per heavy atom. The lowest BCUT2D eigenvalue weighted by Crippen LogP contribution is -2.56. The van der Waals surface area contributed by atoms with Gasteiger partial charge in [0.05, 0.1) is 6.10 Å². The van der Waals surface area contributed by atoms with E-state index in [-0.39, 0.29) is 17.5 Å². The molecule has 10 nitrogen and oxygen atoms in total. The Hall–Kier alpha value is -3.60. The van der Waals surface area contributed by atoms with E-state index in [0.29, 0.717) is 31.3 Å². The number of allylic oxidation sites excluding steroid dienone is 3. The largest absolute Gasteiger partial charge is 0.391 e. The molecule has 7 aliphatic rings. The number of nitrogens with one attached hydrogen (secondary N) is 2. The van der Waals surface area contributed by atoms with Crippen molar-refractivity contribution in [2.45, 2.75) is 56.8 Å². The molecule has 2 aromatic rings. The Bertz CT molecular complexity index is 1330. The molecule has 41 heavy (non-hydrogen) atoms. The zero-order valence-electron chi connectivity index (χ0n) is 23.8. The van der Waals surface area contributed by atoms with Crippen LogP contribution in [0.15, 0.2) is 59.6 Å². The molecule has 0 radical (unpaired) electrons. The van der Waals surface area contributed by atoms with Crippen LogP contribution < -0.4 is 15.5 Å². The van der Waals surface area contributed by atoms with Gasteiger partial charge in [-0.2, -0.15) is 0 Å². The summed E-state index contributed by atoms with van der Waals surface area (Å²) in [5.41, 5.74) is 3.61. The zero-order chi connectivity index (χ0) is 28.4. The van der Waals surface area contributed by atoms with Gasteiger partial charge >= 0.3 is 0 Å². The van der Waals surface area contributed by atoms with Crippen molar-refractivity contribution in [1.29, 1.82) is 0 Å². The Kier molecular flexibility index (Phi) is 7.88. The third kappa shape index (κ3) is 5.91. The fourth-order valence-electron chi connectivity index (χ4n) is 6.44. The maximum Gasteiger partial charge on any atom is 0.240 e. The number of carbonyl (C=O) groups excluding carboxylic acids is 1. The zero-order valence-corrected chi connectivity index (χ0v) is 23.8. The van der Waals surface area contributed by atoms with Crippen molar-refractivity contribution in [2.24, 2.45) is 4.99 Å². The van der Waals surface area contributed by atoms with Gasteiger partial charge in [0.2, 0.25) is 11.9 Å². The summed E-state index contributed by atoms with van der Waals surface area (Å²) in [6.45, 7) is 11.3. The summed E-state index contributed by atoms with van der Waals surface area (Å²) in [4.78, 5) is 33.9. The van der Waals surface area contributed by atoms with Crippen LogP contribution in [0.4, 0.5) is 11.6 Å². The fraction of sp³-hybridized carbons (Fsp3) is 0.484. The van der Waals surface area contributed by atoms with Crippen molar-refractivity contribution >= 4 is 29.8 Å². The van der Waals surface area contributed by atoms with Gasteiger partial charge in [0, 0.05) is 75.5 Å². The van der Waals surface area contributed by atoms with E-state index in [1.807, 2.05) is 37.5 Å². The summed E-state index contributed by atoms with van der Waals surface area (Å²) < 4.78 is 0. The average molecular weight is 557 g/mol. The second kappa shape index (κ2) is 11.7. The summed E-state index contributed by atoms with van der Waals surface area (Å²) in [5.74, 6) is 1.38. The van der Waals surface area contributed by atoms with Crippen molar-refractivity contribution in [3.05, 3.63) is 65.8 Å². The van der Waals surface area contributed by atoms with E-state index in [1.54, 1.807) is 0 Å². The molecular formula is C31H40N8O2. The number of anilines is 2. The highest BCUT2D eigenvalue weighted by atomic mass is 16.3. The van der Waals surface area contributed by atoms with E-state index in [1.165, 1.54) is 5.56 Å². The Labute approximate surface area is 241 Å². The SMILES string of the molecule is C=N/C1=C\C(=C/C)c2cnc(nc2)N2CC(O)CC2CCNC(=O)C2(CC2)N2CCN(CC2)Cc2cccc(c2)N1. The molecule has 2 saturated heterocycles. The first kappa shape index (κ1) is 27.6. The maximum absolute atomic E-state index is 13.4. The molecule has 10 heteroatoms. The van der Waals surface area contributed by atoms with Gasteiger partial charge in [-0.05, 0) is 68.7 Å². The monoisotopic (exact) mass is 556 g/mol. The molecule has 6 aliphatic heterocycles. The molecule has 1 saturated carbocycles. The van der Waals surface area contributed by atoms with E-state index < -0.39 is 6.10 Å². The number of hydrogen-bond acceptors (Lipinski definition) is 9. The minimum atomic E-state index is -0.441. The first-order chi connectivity index (χ1) is 20.0. The van der Waals surface area contributed by atoms with Gasteiger partial charge in [0.25, 0.3) is 0 Å². The van der Waals surface area contributed by atoms with Gasteiger partial charge in [0.1, 0.15) is 11.4 Å². The number of benzene rings is 1. The fourth-order valence-corrected chi connectivity index (χ4v) is 6.44. The van der Waals surface area contributed by atoms with Crippen LogP contribution in [0, 0.1) is 0 Å². The molecular weight excluding hydrogens is 516 g/mol. The number of nitrogens with zero attached hydrogens (tertiary/aromatic N) is 6. The van der Waals surface area contributed by atoms with Crippen LogP contribution in [0.2, 0.25) is 0 Å². The van der Waals surface area contributed by atoms with Crippen molar-refractivity contribution in [3.8, 4) is 0 Å². The maximum atomic E-state index is 13.4. The number of piperazine rings is 1. The quantitative estimate of drug-likeness (QED) is 0.460. The highest BCUT2D eigenvalue weighted by Crippen LogP contribution is 2.42. The summed E-state index contributed by atoms with van der Waals surface area (Å²) in [7, 11) is 0. The molecule has 1 amide bonds. The molecule has 1 aromatic heterocycles. The van der Waals surface area contributed by atoms with Crippen LogP contribution in [0.1, 0.15) is 43.7 Å². The lowest BCUT2D eigenvalue weighted by molar-refractivity contribution is -0.129. The van der Waals surface area contributed by atoms with Gasteiger partial charge in [-0.15, -0.1) is 0 Å². The van der Waals surface area contributed by atoms with Crippen molar-refractivity contribution in [3.63, 3.8) is 0 Å². The van der Waals surface area contributed by atoms with Gasteiger partial charge in [-0.25, -0.2) is 15.0 Å². The number of amides is 1. The number of carbonyl (C=O) groups is 1. The Morgan fingerprint density at radius 3 is 2.66 bits per heavy atom. The molecule has 3 N–H and O–H groups in total. The minimum absolute atomic E-state index is 0.0632. The summed E-state index contributed by atoms with van der Waals surface area (Å²) in [6.07, 6.45) is 10.3. The average Bonchev–Trinajstić information content (AvgIpc) is 3.72. The van der Waals surface area contributed by atoms with Gasteiger partial charge in [0.15, 0.2) is 0 Å². The number of hydrogen-bond donors (Lipinski definition) is 3. The van der Waals surface area contributed by atoms with Gasteiger partial charge < -0.3 is 20.6 Å². The second-order valence-electron chi connectivity index (χ2n) is 11.6. The van der Waals surface area contributed by atoms with Crippen LogP contribution in [0.25, 0.3) is 5.57 Å². The first-order valence-corrected chi connectivity index (χ1v) is 14.7. The third-order valence-corrected chi connectivity index (χ3v) is 8.89. The lowest BCUT2D eigenvalue weighted by atomic mass is 10.1. The van der Waals surface area contributed by atoms with Crippen LogP contribution in [-0.4, -0.2) is 94.5 Å². The van der Waals surface area contributed by atoms with Crippen molar-refractivity contribution < 1.29 is 9.90 Å². The molecule has 6 bridgehead atoms. The number of aliphatic hydroxyl groups excluding tert-OH is 1. The summed E-state index contributed by atoms with van der Waals surface area (Å²) in [6, 6.07) is 8.47. The van der Waals surface area contributed by atoms with E-state index in [4.69, 9.17) is 0 Å². The minimum Gasteiger partial charge on any atom is -0.391 e. The molecule has 1 aliphatic carbocycles. The molecule has 2 unspecified atom stereocenters. The summed E-state index contributed by atoms with van der Waals surface area (Å²) in [5, 5.41) is 17.1. The topological polar surface area (TPSA) is 109 Å². The smallest absolute Gasteiger partial charge is 0.240 e. The van der Waals surface area contributed by atoms with E-state index in [9.17, 15) is 9.90 Å². The molecule has 1 spiro atoms. The van der Waals surface area contributed by atoms with E-state index in [2.05, 4.69) is 65.2 Å². The standard InChI is InChI=1S/C31H40N8O2/c1-3-23-16-28(32-2)36-25-6-4-5-22(15-25)20-37-11-13-38(14-12-37)31(8-9-31)29(41)33-10-7-26-17-27(40)21-39(26)30-34-18-24(23)19-35-30/h3-6,15-16,18-19,26-27,36,40H,2,7-14,17,20-21H2,1H3,(H,33,41)/b23-3+,28-16+. The third-order valence-electron chi connectivity index (χ3n) is 8.89. The number of aliphatic hydroxyl groups is 1. The summed E-state index contributed by atoms with van der Waals surface area (Å²) >= 11 is 0. The second-order valence-corrected chi connectivity index (χ2v) is 11.6. The van der Waals surface area contributed by atoms with Crippen LogP contribution >= 0.6 is 0 Å².